The molecule has 0 radical (unpaired) electrons. The Labute approximate surface area is 189 Å². The molecule has 0 unspecified atom stereocenters. The van der Waals surface area contributed by atoms with Crippen LogP contribution in [0.1, 0.15) is 53.3 Å². The Balaban J connectivity index is 1.54. The third-order valence-corrected chi connectivity index (χ3v) is 6.29. The van der Waals surface area contributed by atoms with Gasteiger partial charge in [-0.3, -0.25) is 14.4 Å². The number of halogens is 3. The Morgan fingerprint density at radius 3 is 2.33 bits per heavy atom. The molecule has 0 amide bonds. The molecule has 1 N–H and O–H groups in total. The van der Waals surface area contributed by atoms with E-state index in [9.17, 15) is 27.6 Å². The number of thioether (sulfide) groups is 1. The number of nitrogens with zero attached hydrogens (tertiary/aromatic N) is 1. The third-order valence-electron chi connectivity index (χ3n) is 5.50. The number of hydrogen-bond donors (Lipinski definition) is 1. The van der Waals surface area contributed by atoms with E-state index in [0.717, 1.165) is 12.1 Å². The molecule has 3 aromatic carbocycles. The second kappa shape index (κ2) is 7.41. The van der Waals surface area contributed by atoms with Crippen LogP contribution < -0.4 is 0 Å². The maximum atomic E-state index is 13.1. The van der Waals surface area contributed by atoms with Crippen molar-refractivity contribution in [3.63, 3.8) is 0 Å². The van der Waals surface area contributed by atoms with Crippen LogP contribution in [0.2, 0.25) is 0 Å². The molecule has 5 rings (SSSR count). The summed E-state index contributed by atoms with van der Waals surface area (Å²) < 4.78 is 39.2. The van der Waals surface area contributed by atoms with Crippen molar-refractivity contribution in [2.45, 2.75) is 18.3 Å². The van der Waals surface area contributed by atoms with E-state index in [1.165, 1.54) is 12.1 Å². The quantitative estimate of drug-likeness (QED) is 0.343. The first-order valence-corrected chi connectivity index (χ1v) is 10.6. The van der Waals surface area contributed by atoms with E-state index < -0.39 is 16.9 Å². The summed E-state index contributed by atoms with van der Waals surface area (Å²) in [6, 6.07) is 12.6. The van der Waals surface area contributed by atoms with Crippen LogP contribution in [0.4, 0.5) is 13.2 Å². The van der Waals surface area contributed by atoms with Crippen LogP contribution in [0.25, 0.3) is 11.0 Å². The average Bonchev–Trinajstić information content (AvgIpc) is 3.18. The molecule has 0 saturated carbocycles. The number of carbonyl (C=O) groups excluding carboxylic acids is 3. The summed E-state index contributed by atoms with van der Waals surface area (Å²) in [7, 11) is 0. The minimum absolute atomic E-state index is 0.0857. The second-order valence-corrected chi connectivity index (χ2v) is 8.51. The van der Waals surface area contributed by atoms with Gasteiger partial charge in [0.15, 0.2) is 16.7 Å². The monoisotopic (exact) mass is 466 g/mol. The first-order chi connectivity index (χ1) is 15.6. The van der Waals surface area contributed by atoms with Crippen molar-refractivity contribution in [3.05, 3.63) is 93.5 Å². The van der Waals surface area contributed by atoms with Crippen molar-refractivity contribution in [2.75, 3.05) is 0 Å². The van der Waals surface area contributed by atoms with Crippen LogP contribution in [0, 0.1) is 6.92 Å². The zero-order valence-electron chi connectivity index (χ0n) is 16.9. The number of H-pyrrole nitrogens is 1. The predicted molar refractivity (Wildman–Crippen MR) is 116 cm³/mol. The van der Waals surface area contributed by atoms with E-state index in [0.29, 0.717) is 33.9 Å². The van der Waals surface area contributed by atoms with Crippen molar-refractivity contribution < 1.29 is 27.6 Å². The Morgan fingerprint density at radius 1 is 0.939 bits per heavy atom. The minimum Gasteiger partial charge on any atom is -0.332 e. The third kappa shape index (κ3) is 3.45. The highest BCUT2D eigenvalue weighted by molar-refractivity contribution is 8.14. The number of carbonyl (C=O) groups is 3. The molecule has 0 saturated heterocycles. The Bertz CT molecular complexity index is 1500. The van der Waals surface area contributed by atoms with Gasteiger partial charge in [0.2, 0.25) is 5.12 Å². The van der Waals surface area contributed by atoms with Crippen molar-refractivity contribution in [1.29, 1.82) is 0 Å². The van der Waals surface area contributed by atoms with Crippen LogP contribution >= 0.6 is 11.8 Å². The summed E-state index contributed by atoms with van der Waals surface area (Å²) in [5, 5.41) is -0.515. The lowest BCUT2D eigenvalue weighted by Crippen LogP contribution is -2.21. The smallest absolute Gasteiger partial charge is 0.332 e. The van der Waals surface area contributed by atoms with Gasteiger partial charge in [0.05, 0.1) is 22.2 Å². The fourth-order valence-electron chi connectivity index (χ4n) is 3.85. The van der Waals surface area contributed by atoms with Gasteiger partial charge in [-0.25, -0.2) is 4.98 Å². The van der Waals surface area contributed by atoms with Gasteiger partial charge in [0, 0.05) is 22.3 Å². The topological polar surface area (TPSA) is 79.9 Å². The van der Waals surface area contributed by atoms with Gasteiger partial charge in [0.1, 0.15) is 0 Å². The van der Waals surface area contributed by atoms with E-state index >= 15 is 0 Å². The molecule has 0 fully saturated rings. The molecule has 0 atom stereocenters. The van der Waals surface area contributed by atoms with Crippen LogP contribution in [-0.2, 0) is 6.18 Å². The number of nitrogens with one attached hydrogen (secondary N) is 1. The van der Waals surface area contributed by atoms with Gasteiger partial charge in [-0.15, -0.1) is 0 Å². The van der Waals surface area contributed by atoms with Gasteiger partial charge < -0.3 is 4.98 Å². The van der Waals surface area contributed by atoms with E-state index in [1.807, 2.05) is 0 Å². The molecular weight excluding hydrogens is 453 g/mol. The van der Waals surface area contributed by atoms with E-state index in [4.69, 9.17) is 0 Å². The molecule has 1 aromatic heterocycles. The van der Waals surface area contributed by atoms with Crippen LogP contribution in [0.3, 0.4) is 0 Å². The number of fused-ring (bicyclic) bond motifs is 4. The molecule has 1 aliphatic rings. The van der Waals surface area contributed by atoms with Gasteiger partial charge in [-0.1, -0.05) is 30.3 Å². The molecule has 0 spiro atoms. The molecule has 4 aromatic rings. The molecule has 1 heterocycles. The van der Waals surface area contributed by atoms with Crippen molar-refractivity contribution in [1.82, 2.24) is 9.97 Å². The largest absolute Gasteiger partial charge is 0.416 e. The maximum Gasteiger partial charge on any atom is 0.416 e. The number of rotatable bonds is 2. The lowest BCUT2D eigenvalue weighted by Gasteiger charge is -2.17. The number of hydrogen-bond acceptors (Lipinski definition) is 5. The normalized spacial score (nSPS) is 13.2. The molecule has 33 heavy (non-hydrogen) atoms. The standard InChI is InChI=1S/C24H13F3N2O3S/c1-11-6-7-12(24(25,26)27)10-16(11)22(32)33-23-28-17-9-8-15-18(19(17)29-23)21(31)14-5-3-2-4-13(14)20(15)30/h2-10H,1H3,(H,28,29). The first-order valence-electron chi connectivity index (χ1n) is 9.76. The van der Waals surface area contributed by atoms with Crippen LogP contribution in [0.5, 0.6) is 0 Å². The zero-order chi connectivity index (χ0) is 23.5. The molecule has 5 nitrogen and oxygen atoms in total. The molecule has 0 aliphatic heterocycles. The van der Waals surface area contributed by atoms with E-state index in [2.05, 4.69) is 9.97 Å². The van der Waals surface area contributed by atoms with Gasteiger partial charge in [-0.2, -0.15) is 13.2 Å². The Kier molecular flexibility index (Phi) is 4.75. The fraction of sp³-hybridized carbons (Fsp3) is 0.0833. The first kappa shape index (κ1) is 21.1. The van der Waals surface area contributed by atoms with E-state index in [-0.39, 0.29) is 39.0 Å². The van der Waals surface area contributed by atoms with Gasteiger partial charge in [0.25, 0.3) is 0 Å². The van der Waals surface area contributed by atoms with Crippen LogP contribution in [-0.4, -0.2) is 26.6 Å². The highest BCUT2D eigenvalue weighted by Gasteiger charge is 2.33. The summed E-state index contributed by atoms with van der Waals surface area (Å²) >= 11 is 0.625. The average molecular weight is 466 g/mol. The van der Waals surface area contributed by atoms with Crippen molar-refractivity contribution in [3.8, 4) is 0 Å². The SMILES string of the molecule is Cc1ccc(C(F)(F)F)cc1C(=O)Sc1nc2ccc3c(c2[nH]1)C(=O)c1ccccc1C3=O. The highest BCUT2D eigenvalue weighted by Crippen LogP contribution is 2.35. The summed E-state index contributed by atoms with van der Waals surface area (Å²) in [5.74, 6) is -0.632. The van der Waals surface area contributed by atoms with E-state index in [1.54, 1.807) is 37.3 Å². The Morgan fingerprint density at radius 2 is 1.64 bits per heavy atom. The van der Waals surface area contributed by atoms with Crippen molar-refractivity contribution >= 4 is 39.5 Å². The molecule has 0 bridgehead atoms. The summed E-state index contributed by atoms with van der Waals surface area (Å²) in [6.45, 7) is 1.55. The fourth-order valence-corrected chi connectivity index (χ4v) is 4.65. The summed E-state index contributed by atoms with van der Waals surface area (Å²) in [5.41, 5.74) is 1.05. The maximum absolute atomic E-state index is 13.1. The van der Waals surface area contributed by atoms with Crippen LogP contribution in [0.15, 0.2) is 59.8 Å². The lowest BCUT2D eigenvalue weighted by atomic mass is 9.83. The number of aromatic amines is 1. The molecule has 9 heteroatoms. The predicted octanol–water partition coefficient (Wildman–Crippen LogP) is 5.60. The number of benzene rings is 3. The zero-order valence-corrected chi connectivity index (χ0v) is 17.7. The number of aryl methyl sites for hydroxylation is 1. The lowest BCUT2D eigenvalue weighted by molar-refractivity contribution is -0.137. The van der Waals surface area contributed by atoms with Crippen molar-refractivity contribution in [2.24, 2.45) is 0 Å². The molecular formula is C24H13F3N2O3S. The number of alkyl halides is 3. The minimum atomic E-state index is -4.57. The number of ketones is 2. The number of aromatic nitrogens is 2. The second-order valence-electron chi connectivity index (χ2n) is 7.55. The highest BCUT2D eigenvalue weighted by atomic mass is 32.2. The van der Waals surface area contributed by atoms with Gasteiger partial charge >= 0.3 is 6.18 Å². The summed E-state index contributed by atoms with van der Waals surface area (Å²) in [4.78, 5) is 46.0. The number of imidazole rings is 1. The molecule has 1 aliphatic carbocycles. The summed E-state index contributed by atoms with van der Waals surface area (Å²) in [6.07, 6.45) is -4.57. The Hall–Kier alpha value is -3.72. The van der Waals surface area contributed by atoms with Gasteiger partial charge in [-0.05, 0) is 48.5 Å². The molecule has 164 valence electrons.